The molecule has 0 saturated heterocycles. The Morgan fingerprint density at radius 1 is 1.26 bits per heavy atom. The van der Waals surface area contributed by atoms with Gasteiger partial charge >= 0.3 is 0 Å². The van der Waals surface area contributed by atoms with Gasteiger partial charge in [-0.1, -0.05) is 19.9 Å². The molecule has 5 nitrogen and oxygen atoms in total. The highest BCUT2D eigenvalue weighted by Crippen LogP contribution is 2.48. The number of aromatic amines is 1. The maximum atomic E-state index is 12.9. The number of aromatic nitrogens is 3. The summed E-state index contributed by atoms with van der Waals surface area (Å²) < 4.78 is 0. The second-order valence-electron chi connectivity index (χ2n) is 7.26. The molecule has 118 valence electrons. The van der Waals surface area contributed by atoms with Gasteiger partial charge in [-0.15, -0.1) is 0 Å². The van der Waals surface area contributed by atoms with Gasteiger partial charge in [0.2, 0.25) is 0 Å². The molecule has 1 atom stereocenters. The Kier molecular flexibility index (Phi) is 2.95. The van der Waals surface area contributed by atoms with E-state index < -0.39 is 0 Å². The van der Waals surface area contributed by atoms with E-state index >= 15 is 0 Å². The van der Waals surface area contributed by atoms with Crippen LogP contribution >= 0.6 is 0 Å². The largest absolute Gasteiger partial charge is 0.342 e. The number of hydrogen-bond acceptors (Lipinski definition) is 4. The number of rotatable bonds is 1. The molecule has 0 bridgehead atoms. The highest BCUT2D eigenvalue weighted by molar-refractivity contribution is 6.01. The summed E-state index contributed by atoms with van der Waals surface area (Å²) in [4.78, 5) is 17.4. The van der Waals surface area contributed by atoms with Crippen LogP contribution in [0.3, 0.4) is 0 Å². The zero-order chi connectivity index (χ0) is 16.2. The predicted octanol–water partition coefficient (Wildman–Crippen LogP) is 3.31. The Morgan fingerprint density at radius 3 is 2.83 bits per heavy atom. The number of nitrogens with one attached hydrogen (secondary N) is 2. The second-order valence-corrected chi connectivity index (χ2v) is 7.26. The normalized spacial score (nSPS) is 22.4. The van der Waals surface area contributed by atoms with Crippen molar-refractivity contribution < 1.29 is 4.79 Å². The quantitative estimate of drug-likeness (QED) is 0.848. The maximum absolute atomic E-state index is 12.9. The van der Waals surface area contributed by atoms with Crippen LogP contribution in [0.15, 0.2) is 35.7 Å². The van der Waals surface area contributed by atoms with Crippen molar-refractivity contribution in [2.24, 2.45) is 5.41 Å². The number of fused-ring (bicyclic) bond motifs is 1. The van der Waals surface area contributed by atoms with Gasteiger partial charge in [0.25, 0.3) is 0 Å². The van der Waals surface area contributed by atoms with Crippen LogP contribution in [0.2, 0.25) is 0 Å². The van der Waals surface area contributed by atoms with Gasteiger partial charge in [-0.3, -0.25) is 14.9 Å². The van der Waals surface area contributed by atoms with Crippen LogP contribution < -0.4 is 5.32 Å². The lowest BCUT2D eigenvalue weighted by molar-refractivity contribution is -0.118. The van der Waals surface area contributed by atoms with E-state index in [4.69, 9.17) is 0 Å². The number of Topliss-reactive ketones (excluding diaryl/α,β-unsaturated/α-hetero) is 1. The summed E-state index contributed by atoms with van der Waals surface area (Å²) in [6.45, 7) is 6.27. The maximum Gasteiger partial charge on any atom is 0.162 e. The minimum absolute atomic E-state index is 0.0273. The van der Waals surface area contributed by atoms with Crippen molar-refractivity contribution in [1.82, 2.24) is 15.2 Å². The van der Waals surface area contributed by atoms with Crippen molar-refractivity contribution in [3.05, 3.63) is 52.6 Å². The molecule has 0 saturated carbocycles. The average molecular weight is 308 g/mol. The lowest BCUT2D eigenvalue weighted by Gasteiger charge is -2.37. The number of anilines is 1. The third-order valence-corrected chi connectivity index (χ3v) is 4.74. The van der Waals surface area contributed by atoms with Crippen molar-refractivity contribution in [1.29, 1.82) is 0 Å². The minimum atomic E-state index is -0.134. The van der Waals surface area contributed by atoms with E-state index in [1.165, 1.54) is 0 Å². The molecule has 1 aliphatic heterocycles. The molecule has 2 aliphatic rings. The monoisotopic (exact) mass is 308 g/mol. The van der Waals surface area contributed by atoms with Gasteiger partial charge in [-0.25, -0.2) is 0 Å². The fourth-order valence-electron chi connectivity index (χ4n) is 3.80. The smallest absolute Gasteiger partial charge is 0.162 e. The summed E-state index contributed by atoms with van der Waals surface area (Å²) in [5.41, 5.74) is 4.75. The lowest BCUT2D eigenvalue weighted by atomic mass is 9.70. The van der Waals surface area contributed by atoms with Gasteiger partial charge in [0.05, 0.1) is 11.6 Å². The fourth-order valence-corrected chi connectivity index (χ4v) is 3.80. The highest BCUT2D eigenvalue weighted by atomic mass is 16.1. The van der Waals surface area contributed by atoms with Crippen molar-refractivity contribution in [3.63, 3.8) is 0 Å². The molecule has 2 aromatic heterocycles. The molecule has 2 N–H and O–H groups in total. The van der Waals surface area contributed by atoms with Gasteiger partial charge in [0.15, 0.2) is 11.6 Å². The molecule has 0 unspecified atom stereocenters. The lowest BCUT2D eigenvalue weighted by Crippen LogP contribution is -2.34. The number of allylic oxidation sites excluding steroid dienone is 2. The van der Waals surface area contributed by atoms with E-state index in [0.29, 0.717) is 6.42 Å². The molecule has 4 rings (SSSR count). The van der Waals surface area contributed by atoms with E-state index in [-0.39, 0.29) is 17.1 Å². The van der Waals surface area contributed by atoms with Crippen LogP contribution in [0, 0.1) is 12.3 Å². The van der Waals surface area contributed by atoms with Crippen molar-refractivity contribution in [3.8, 4) is 0 Å². The third kappa shape index (κ3) is 2.19. The average Bonchev–Trinajstić information content (AvgIpc) is 2.86. The van der Waals surface area contributed by atoms with Gasteiger partial charge < -0.3 is 5.32 Å². The molecule has 0 aromatic carbocycles. The number of carbonyl (C=O) groups is 1. The summed E-state index contributed by atoms with van der Waals surface area (Å²) >= 11 is 0. The summed E-state index contributed by atoms with van der Waals surface area (Å²) in [5.74, 6) is 0.901. The van der Waals surface area contributed by atoms with Gasteiger partial charge in [-0.05, 0) is 30.9 Å². The number of H-pyrrole nitrogens is 1. The molecule has 23 heavy (non-hydrogen) atoms. The summed E-state index contributed by atoms with van der Waals surface area (Å²) in [6, 6.07) is 5.86. The second kappa shape index (κ2) is 4.78. The Bertz CT molecular complexity index is 817. The van der Waals surface area contributed by atoms with Gasteiger partial charge in [0.1, 0.15) is 0 Å². The zero-order valence-electron chi connectivity index (χ0n) is 13.6. The van der Waals surface area contributed by atoms with Crippen molar-refractivity contribution in [2.45, 2.75) is 39.5 Å². The zero-order valence-corrected chi connectivity index (χ0v) is 13.6. The molecule has 0 fully saturated rings. The van der Waals surface area contributed by atoms with Crippen molar-refractivity contribution in [2.75, 3.05) is 5.32 Å². The SMILES string of the molecule is Cc1[nH]nc2c1[C@H](c1ccccn1)C1=C(CC(C)(C)CC1=O)N2. The van der Waals surface area contributed by atoms with E-state index in [1.54, 1.807) is 6.20 Å². The van der Waals surface area contributed by atoms with Gasteiger partial charge in [0, 0.05) is 35.1 Å². The molecular formula is C18H20N4O. The van der Waals surface area contributed by atoms with Crippen LogP contribution in [0.25, 0.3) is 0 Å². The van der Waals surface area contributed by atoms with Gasteiger partial charge in [-0.2, -0.15) is 5.10 Å². The number of aryl methyl sites for hydroxylation is 1. The van der Waals surface area contributed by atoms with Crippen LogP contribution in [-0.2, 0) is 4.79 Å². The number of carbonyl (C=O) groups excluding carboxylic acids is 1. The number of pyridine rings is 1. The van der Waals surface area contributed by atoms with Crippen LogP contribution in [0.4, 0.5) is 5.82 Å². The first-order valence-electron chi connectivity index (χ1n) is 7.95. The molecule has 0 spiro atoms. The molecule has 0 amide bonds. The molecule has 1 aliphatic carbocycles. The molecule has 5 heteroatoms. The number of nitrogens with zero attached hydrogens (tertiary/aromatic N) is 2. The first kappa shape index (κ1) is 14.2. The number of ketones is 1. The predicted molar refractivity (Wildman–Crippen MR) is 88.1 cm³/mol. The minimum Gasteiger partial charge on any atom is -0.342 e. The van der Waals surface area contributed by atoms with E-state index in [0.717, 1.165) is 40.5 Å². The summed E-state index contributed by atoms with van der Waals surface area (Å²) in [7, 11) is 0. The number of hydrogen-bond donors (Lipinski definition) is 2. The Hall–Kier alpha value is -2.43. The highest BCUT2D eigenvalue weighted by Gasteiger charge is 2.42. The third-order valence-electron chi connectivity index (χ3n) is 4.74. The Labute approximate surface area is 135 Å². The van der Waals surface area contributed by atoms with E-state index in [2.05, 4.69) is 34.3 Å². The summed E-state index contributed by atoms with van der Waals surface area (Å²) in [5, 5.41) is 10.8. The van der Waals surface area contributed by atoms with Crippen molar-refractivity contribution >= 4 is 11.6 Å². The van der Waals surface area contributed by atoms with Crippen LogP contribution in [-0.4, -0.2) is 21.0 Å². The van der Waals surface area contributed by atoms with E-state index in [9.17, 15) is 4.79 Å². The molecule has 2 aromatic rings. The first-order chi connectivity index (χ1) is 11.0. The molecular weight excluding hydrogens is 288 g/mol. The molecule has 3 heterocycles. The Morgan fingerprint density at radius 2 is 2.09 bits per heavy atom. The standard InChI is InChI=1S/C18H20N4O/c1-10-14-16(11-6-4-5-7-19-11)15-12(20-17(14)22-21-10)8-18(2,3)9-13(15)23/h4-7,16H,8-9H2,1-3H3,(H2,20,21,22)/t16-/m0/s1. The Balaban J connectivity index is 1.94. The van der Waals surface area contributed by atoms with Crippen LogP contribution in [0.1, 0.15) is 49.6 Å². The van der Waals surface area contributed by atoms with E-state index in [1.807, 2.05) is 25.1 Å². The first-order valence-corrected chi connectivity index (χ1v) is 7.95. The fraction of sp³-hybridized carbons (Fsp3) is 0.389. The summed E-state index contributed by atoms with van der Waals surface area (Å²) in [6.07, 6.45) is 3.20. The topological polar surface area (TPSA) is 70.7 Å². The molecule has 0 radical (unpaired) electrons. The van der Waals surface area contributed by atoms with Crippen LogP contribution in [0.5, 0.6) is 0 Å².